The van der Waals surface area contributed by atoms with Crippen molar-refractivity contribution in [1.29, 1.82) is 0 Å². The van der Waals surface area contributed by atoms with Gasteiger partial charge in [-0.05, 0) is 64.3 Å². The van der Waals surface area contributed by atoms with Gasteiger partial charge in [-0.25, -0.2) is 9.97 Å². The first-order chi connectivity index (χ1) is 15.5. The van der Waals surface area contributed by atoms with Crippen LogP contribution in [-0.4, -0.2) is 63.4 Å². The average molecular weight is 437 g/mol. The van der Waals surface area contributed by atoms with Gasteiger partial charge in [-0.15, -0.1) is 0 Å². The molecular formula is C25H36N6O. The number of amides is 1. The first-order valence-electron chi connectivity index (χ1n) is 12.0. The highest BCUT2D eigenvalue weighted by molar-refractivity contribution is 5.78. The van der Waals surface area contributed by atoms with Crippen LogP contribution in [0.2, 0.25) is 0 Å². The lowest BCUT2D eigenvalue weighted by molar-refractivity contribution is -0.134. The van der Waals surface area contributed by atoms with E-state index in [1.54, 1.807) is 0 Å². The van der Waals surface area contributed by atoms with Crippen molar-refractivity contribution < 1.29 is 4.79 Å². The number of hydrogen-bond donors (Lipinski definition) is 1. The van der Waals surface area contributed by atoms with Crippen molar-refractivity contribution in [2.45, 2.75) is 70.8 Å². The minimum Gasteiger partial charge on any atom is -0.342 e. The smallest absolute Gasteiger partial charge is 0.236 e. The van der Waals surface area contributed by atoms with Gasteiger partial charge >= 0.3 is 0 Å². The van der Waals surface area contributed by atoms with Crippen molar-refractivity contribution >= 4 is 17.5 Å². The Morgan fingerprint density at radius 2 is 1.84 bits per heavy atom. The lowest BCUT2D eigenvalue weighted by Gasteiger charge is -2.36. The second kappa shape index (κ2) is 10.4. The lowest BCUT2D eigenvalue weighted by atomic mass is 9.93. The first-order valence-corrected chi connectivity index (χ1v) is 12.0. The van der Waals surface area contributed by atoms with E-state index in [-0.39, 0.29) is 5.91 Å². The molecule has 0 spiro atoms. The average Bonchev–Trinajstić information content (AvgIpc) is 2.79. The van der Waals surface area contributed by atoms with Crippen molar-refractivity contribution in [3.05, 3.63) is 41.5 Å². The van der Waals surface area contributed by atoms with Crippen molar-refractivity contribution in [3.8, 4) is 0 Å². The summed E-state index contributed by atoms with van der Waals surface area (Å²) < 4.78 is 0. The molecule has 172 valence electrons. The largest absolute Gasteiger partial charge is 0.342 e. The minimum absolute atomic E-state index is 0.263. The van der Waals surface area contributed by atoms with Crippen LogP contribution >= 0.6 is 0 Å². The number of likely N-dealkylation sites (N-methyl/N-ethyl adjacent to an activating group) is 1. The molecular weight excluding hydrogens is 400 g/mol. The van der Waals surface area contributed by atoms with Gasteiger partial charge in [0.2, 0.25) is 11.9 Å². The van der Waals surface area contributed by atoms with Gasteiger partial charge in [-0.3, -0.25) is 14.7 Å². The molecule has 1 aliphatic carbocycles. The van der Waals surface area contributed by atoms with Crippen LogP contribution < -0.4 is 5.32 Å². The maximum Gasteiger partial charge on any atom is 0.236 e. The summed E-state index contributed by atoms with van der Waals surface area (Å²) in [6.45, 7) is 6.34. The summed E-state index contributed by atoms with van der Waals surface area (Å²) in [6, 6.07) is 6.53. The topological polar surface area (TPSA) is 74.2 Å². The van der Waals surface area contributed by atoms with Gasteiger partial charge < -0.3 is 10.2 Å². The van der Waals surface area contributed by atoms with Gasteiger partial charge in [-0.2, -0.15) is 0 Å². The Morgan fingerprint density at radius 3 is 2.53 bits per heavy atom. The molecule has 1 unspecified atom stereocenters. The van der Waals surface area contributed by atoms with Crippen LogP contribution in [0.5, 0.6) is 0 Å². The molecule has 7 nitrogen and oxygen atoms in total. The molecule has 2 aliphatic rings. The van der Waals surface area contributed by atoms with Crippen LogP contribution in [0.15, 0.2) is 24.4 Å². The predicted octanol–water partition coefficient (Wildman–Crippen LogP) is 4.20. The fourth-order valence-corrected chi connectivity index (χ4v) is 5.05. The minimum atomic E-state index is 0.263. The maximum absolute atomic E-state index is 12.9. The molecule has 3 heterocycles. The molecule has 2 aromatic heterocycles. The lowest BCUT2D eigenvalue weighted by Crippen LogP contribution is -2.46. The molecule has 0 aromatic carbocycles. The summed E-state index contributed by atoms with van der Waals surface area (Å²) in [4.78, 5) is 30.8. The number of rotatable bonds is 6. The maximum atomic E-state index is 12.9. The molecule has 1 N–H and O–H groups in total. The van der Waals surface area contributed by atoms with Crippen LogP contribution in [0.4, 0.5) is 11.6 Å². The fourth-order valence-electron chi connectivity index (χ4n) is 5.05. The van der Waals surface area contributed by atoms with E-state index >= 15 is 0 Å². The number of likely N-dealkylation sites (tertiary alicyclic amines) is 1. The van der Waals surface area contributed by atoms with Crippen LogP contribution in [0.25, 0.3) is 0 Å². The van der Waals surface area contributed by atoms with Gasteiger partial charge in [0.25, 0.3) is 0 Å². The van der Waals surface area contributed by atoms with Crippen LogP contribution in [-0.2, 0) is 4.79 Å². The Balaban J connectivity index is 1.33. The Labute approximate surface area is 191 Å². The van der Waals surface area contributed by atoms with Gasteiger partial charge in [0.1, 0.15) is 0 Å². The summed E-state index contributed by atoms with van der Waals surface area (Å²) in [5.74, 6) is 1.23. The van der Waals surface area contributed by atoms with E-state index in [4.69, 9.17) is 4.98 Å². The van der Waals surface area contributed by atoms with Gasteiger partial charge in [0, 0.05) is 42.6 Å². The molecule has 0 radical (unpaired) electrons. The molecule has 4 rings (SSSR count). The van der Waals surface area contributed by atoms with E-state index < -0.39 is 0 Å². The first kappa shape index (κ1) is 22.6. The van der Waals surface area contributed by atoms with Crippen LogP contribution in [0.3, 0.4) is 0 Å². The number of carbonyl (C=O) groups is 1. The van der Waals surface area contributed by atoms with Gasteiger partial charge in [0.05, 0.1) is 18.4 Å². The van der Waals surface area contributed by atoms with Crippen molar-refractivity contribution in [2.75, 3.05) is 32.0 Å². The number of pyridine rings is 1. The zero-order valence-electron chi connectivity index (χ0n) is 19.7. The number of piperidine rings is 1. The summed E-state index contributed by atoms with van der Waals surface area (Å²) >= 11 is 0. The van der Waals surface area contributed by atoms with Crippen molar-refractivity contribution in [3.63, 3.8) is 0 Å². The zero-order chi connectivity index (χ0) is 22.5. The number of nitrogens with zero attached hydrogens (tertiary/aromatic N) is 5. The van der Waals surface area contributed by atoms with E-state index in [1.807, 2.05) is 44.1 Å². The van der Waals surface area contributed by atoms with Gasteiger partial charge in [0.15, 0.2) is 0 Å². The Hall–Kier alpha value is -2.54. The number of carbonyl (C=O) groups excluding carboxylic acids is 1. The third-order valence-corrected chi connectivity index (χ3v) is 6.82. The SMILES string of the molecule is Cc1cc(C)nc(Nc2ccc(C3CCCN(CC(=O)N(C)C4CCCCC4)C3)nc2)n1. The highest BCUT2D eigenvalue weighted by atomic mass is 16.2. The quantitative estimate of drug-likeness (QED) is 0.731. The number of aromatic nitrogens is 3. The Bertz CT molecular complexity index is 889. The van der Waals surface area contributed by atoms with Gasteiger partial charge in [-0.1, -0.05) is 19.3 Å². The molecule has 7 heteroatoms. The molecule has 0 bridgehead atoms. The van der Waals surface area contributed by atoms with E-state index in [2.05, 4.69) is 26.3 Å². The second-order valence-corrected chi connectivity index (χ2v) is 9.44. The summed E-state index contributed by atoms with van der Waals surface area (Å²) in [5, 5.41) is 3.25. The summed E-state index contributed by atoms with van der Waals surface area (Å²) in [6.07, 6.45) is 10.2. The Morgan fingerprint density at radius 1 is 1.09 bits per heavy atom. The second-order valence-electron chi connectivity index (χ2n) is 9.44. The zero-order valence-corrected chi connectivity index (χ0v) is 19.7. The fraction of sp³-hybridized carbons (Fsp3) is 0.600. The highest BCUT2D eigenvalue weighted by Crippen LogP contribution is 2.27. The molecule has 1 amide bonds. The van der Waals surface area contributed by atoms with Crippen LogP contribution in [0, 0.1) is 13.8 Å². The van der Waals surface area contributed by atoms with Crippen LogP contribution in [0.1, 0.15) is 67.9 Å². The van der Waals surface area contributed by atoms with Crippen molar-refractivity contribution in [1.82, 2.24) is 24.8 Å². The van der Waals surface area contributed by atoms with E-state index in [0.29, 0.717) is 24.5 Å². The molecule has 32 heavy (non-hydrogen) atoms. The predicted molar refractivity (Wildman–Crippen MR) is 127 cm³/mol. The standard InChI is InChI=1S/C25H36N6O/c1-18-14-19(2)28-25(27-18)29-21-11-12-23(26-15-21)20-8-7-13-31(16-20)17-24(32)30(3)22-9-5-4-6-10-22/h11-12,14-15,20,22H,4-10,13,16-17H2,1-3H3,(H,27,28,29). The molecule has 2 aromatic rings. The normalized spacial score (nSPS) is 20.2. The van der Waals surface area contributed by atoms with Crippen molar-refractivity contribution in [2.24, 2.45) is 0 Å². The number of hydrogen-bond acceptors (Lipinski definition) is 6. The molecule has 1 saturated carbocycles. The molecule has 2 fully saturated rings. The monoisotopic (exact) mass is 436 g/mol. The third kappa shape index (κ3) is 5.82. The highest BCUT2D eigenvalue weighted by Gasteiger charge is 2.27. The molecule has 1 saturated heterocycles. The van der Waals surface area contributed by atoms with E-state index in [0.717, 1.165) is 61.5 Å². The number of anilines is 2. The number of nitrogens with one attached hydrogen (secondary N) is 1. The summed E-state index contributed by atoms with van der Waals surface area (Å²) in [7, 11) is 1.99. The molecule has 1 aliphatic heterocycles. The number of aryl methyl sites for hydroxylation is 2. The third-order valence-electron chi connectivity index (χ3n) is 6.82. The van der Waals surface area contributed by atoms with E-state index in [9.17, 15) is 4.79 Å². The summed E-state index contributed by atoms with van der Waals surface area (Å²) in [5.41, 5.74) is 3.86. The Kier molecular flexibility index (Phi) is 7.35. The van der Waals surface area contributed by atoms with E-state index in [1.165, 1.54) is 19.3 Å². The molecule has 1 atom stereocenters.